The van der Waals surface area contributed by atoms with Crippen molar-refractivity contribution in [2.75, 3.05) is 0 Å². The van der Waals surface area contributed by atoms with Gasteiger partial charge in [-0.3, -0.25) is 4.99 Å². The topological polar surface area (TPSA) is 65.2 Å². The summed E-state index contributed by atoms with van der Waals surface area (Å²) in [6.45, 7) is 13.9. The standard InChI is InChI=1S/C19H21N2O2.2C2H6.Mn.2Y/c1-13-8-9-19(23)17(10-13)12-21-15(3)14(2)20-11-16-6-4-5-7-18(16)22;2*1-2;;;/h5-12,14-15,22-23H,1-3H3;2*1-2H3;;;/q-1;;;;;. The first-order valence-electron chi connectivity index (χ1n) is 9.52. The third kappa shape index (κ3) is 14.2. The monoisotopic (exact) mass is 602 g/mol. The number of phenols is 2. The van der Waals surface area contributed by atoms with Gasteiger partial charge in [-0.25, -0.2) is 0 Å². The van der Waals surface area contributed by atoms with Gasteiger partial charge in [0.05, 0.1) is 12.1 Å². The van der Waals surface area contributed by atoms with E-state index in [2.05, 4.69) is 16.1 Å². The minimum Gasteiger partial charge on any atom is -0.533 e. The van der Waals surface area contributed by atoms with E-state index in [1.165, 1.54) is 0 Å². The van der Waals surface area contributed by atoms with Crippen molar-refractivity contribution >= 4 is 12.4 Å². The third-order valence-electron chi connectivity index (χ3n) is 3.65. The van der Waals surface area contributed by atoms with Crippen molar-refractivity contribution in [3.8, 4) is 11.5 Å². The SMILES string of the molecule is CC.CC.Cc1ccc(O)c(C=NC(C)C(C)N=Cc2c[c-]ccc2O)c1.[Mn].[Y].[Y]. The van der Waals surface area contributed by atoms with Crippen molar-refractivity contribution < 1.29 is 92.7 Å². The van der Waals surface area contributed by atoms with Crippen LogP contribution < -0.4 is 0 Å². The van der Waals surface area contributed by atoms with Crippen LogP contribution >= 0.6 is 0 Å². The van der Waals surface area contributed by atoms with Gasteiger partial charge in [-0.05, 0) is 39.1 Å². The summed E-state index contributed by atoms with van der Waals surface area (Å²) < 4.78 is 0. The molecule has 0 aliphatic carbocycles. The Morgan fingerprint density at radius 3 is 1.80 bits per heavy atom. The Bertz CT molecular complexity index is 741. The molecule has 0 saturated carbocycles. The number of benzene rings is 2. The fraction of sp³-hybridized carbons (Fsp3) is 0.391. The number of phenolic OH excluding ortho intramolecular Hbond substituents is 2. The van der Waals surface area contributed by atoms with Crippen LogP contribution in [0.5, 0.6) is 11.5 Å². The molecule has 2 aromatic carbocycles. The van der Waals surface area contributed by atoms with Gasteiger partial charge < -0.3 is 15.2 Å². The minimum absolute atomic E-state index is 0. The van der Waals surface area contributed by atoms with Crippen LogP contribution in [0.3, 0.4) is 0 Å². The van der Waals surface area contributed by atoms with E-state index in [1.54, 1.807) is 36.7 Å². The normalized spacial score (nSPS) is 11.4. The Morgan fingerprint density at radius 2 is 1.30 bits per heavy atom. The van der Waals surface area contributed by atoms with Crippen molar-refractivity contribution in [3.05, 3.63) is 59.2 Å². The van der Waals surface area contributed by atoms with E-state index in [-0.39, 0.29) is 106 Å². The first-order valence-corrected chi connectivity index (χ1v) is 9.52. The molecule has 2 atom stereocenters. The molecule has 0 aliphatic rings. The predicted octanol–water partition coefficient (Wildman–Crippen LogP) is 5.57. The molecule has 0 amide bonds. The minimum atomic E-state index is -0.0576. The van der Waals surface area contributed by atoms with Crippen LogP contribution in [-0.2, 0) is 82.5 Å². The van der Waals surface area contributed by atoms with E-state index in [4.69, 9.17) is 0 Å². The summed E-state index contributed by atoms with van der Waals surface area (Å²) in [5, 5.41) is 19.5. The molecule has 2 rings (SSSR count). The number of aromatic hydroxyl groups is 2. The molecule has 0 saturated heterocycles. The van der Waals surface area contributed by atoms with Gasteiger partial charge in [0.25, 0.3) is 0 Å². The molecule has 0 spiro atoms. The van der Waals surface area contributed by atoms with Crippen LogP contribution in [0.4, 0.5) is 0 Å². The molecule has 2 aromatic rings. The summed E-state index contributed by atoms with van der Waals surface area (Å²) >= 11 is 0. The van der Waals surface area contributed by atoms with Gasteiger partial charge in [0.2, 0.25) is 0 Å². The van der Waals surface area contributed by atoms with Crippen molar-refractivity contribution in [2.24, 2.45) is 9.98 Å². The summed E-state index contributed by atoms with van der Waals surface area (Å²) in [5.41, 5.74) is 2.40. The largest absolute Gasteiger partial charge is 0.533 e. The van der Waals surface area contributed by atoms with Crippen molar-refractivity contribution in [1.29, 1.82) is 0 Å². The van der Waals surface area contributed by atoms with Crippen LogP contribution in [0, 0.1) is 13.0 Å². The molecule has 161 valence electrons. The van der Waals surface area contributed by atoms with Gasteiger partial charge in [-0.2, -0.15) is 18.2 Å². The zero-order chi connectivity index (χ0) is 20.8. The molecule has 3 radical (unpaired) electrons. The molecule has 30 heavy (non-hydrogen) atoms. The smallest absolute Gasteiger partial charge is 0.124 e. The Kier molecular flexibility index (Phi) is 27.8. The summed E-state index contributed by atoms with van der Waals surface area (Å²) in [6, 6.07) is 13.1. The third-order valence-corrected chi connectivity index (χ3v) is 3.65. The van der Waals surface area contributed by atoms with Crippen molar-refractivity contribution in [3.63, 3.8) is 0 Å². The molecule has 7 heteroatoms. The van der Waals surface area contributed by atoms with E-state index in [9.17, 15) is 10.2 Å². The van der Waals surface area contributed by atoms with E-state index < -0.39 is 0 Å². The molecule has 4 nitrogen and oxygen atoms in total. The number of hydrogen-bond donors (Lipinski definition) is 2. The summed E-state index contributed by atoms with van der Waals surface area (Å²) in [5.74, 6) is 0.396. The Morgan fingerprint density at radius 1 is 0.833 bits per heavy atom. The Labute approximate surface area is 243 Å². The average molecular weight is 602 g/mol. The second-order valence-corrected chi connectivity index (χ2v) is 5.58. The molecular formula is C23H33MnN2O2Y2-. The van der Waals surface area contributed by atoms with E-state index in [0.717, 1.165) is 5.56 Å². The average Bonchev–Trinajstić information content (AvgIpc) is 2.70. The predicted molar refractivity (Wildman–Crippen MR) is 117 cm³/mol. The Balaban J connectivity index is -0.000000455. The summed E-state index contributed by atoms with van der Waals surface area (Å²) in [6.07, 6.45) is 3.31. The van der Waals surface area contributed by atoms with Gasteiger partial charge in [-0.1, -0.05) is 44.9 Å². The van der Waals surface area contributed by atoms with Crippen LogP contribution in [0.15, 0.2) is 46.4 Å². The van der Waals surface area contributed by atoms with Crippen LogP contribution in [0.1, 0.15) is 58.2 Å². The van der Waals surface area contributed by atoms with Crippen molar-refractivity contribution in [1.82, 2.24) is 0 Å². The maximum Gasteiger partial charge on any atom is 0.124 e. The molecule has 0 aliphatic heterocycles. The number of aryl methyl sites for hydroxylation is 1. The molecule has 0 bridgehead atoms. The van der Waals surface area contributed by atoms with Crippen molar-refractivity contribution in [2.45, 2.75) is 60.5 Å². The van der Waals surface area contributed by atoms with Gasteiger partial charge in [0.15, 0.2) is 0 Å². The van der Waals surface area contributed by atoms with Crippen LogP contribution in [0.2, 0.25) is 0 Å². The summed E-state index contributed by atoms with van der Waals surface area (Å²) in [7, 11) is 0. The number of hydrogen-bond acceptors (Lipinski definition) is 4. The maximum absolute atomic E-state index is 9.82. The number of rotatable bonds is 5. The summed E-state index contributed by atoms with van der Waals surface area (Å²) in [4.78, 5) is 8.89. The van der Waals surface area contributed by atoms with Gasteiger partial charge in [0.1, 0.15) is 5.75 Å². The van der Waals surface area contributed by atoms with Gasteiger partial charge in [-0.15, -0.1) is 6.07 Å². The maximum atomic E-state index is 9.82. The molecule has 2 N–H and O–H groups in total. The number of nitrogens with zero attached hydrogens (tertiary/aromatic N) is 2. The Hall–Kier alpha value is 0.107. The number of aliphatic imine (C=N–C) groups is 2. The van der Waals surface area contributed by atoms with Crippen LogP contribution in [-0.4, -0.2) is 34.7 Å². The van der Waals surface area contributed by atoms with E-state index in [0.29, 0.717) is 11.1 Å². The molecule has 0 heterocycles. The van der Waals surface area contributed by atoms with Gasteiger partial charge in [0, 0.05) is 100 Å². The van der Waals surface area contributed by atoms with Crippen LogP contribution in [0.25, 0.3) is 0 Å². The molecule has 0 fully saturated rings. The fourth-order valence-electron chi connectivity index (χ4n) is 1.96. The molecular weight excluding hydrogens is 569 g/mol. The zero-order valence-corrected chi connectivity index (χ0v) is 26.0. The first kappa shape index (κ1) is 37.4. The van der Waals surface area contributed by atoms with Gasteiger partial charge >= 0.3 is 0 Å². The quantitative estimate of drug-likeness (QED) is 0.267. The zero-order valence-electron chi connectivity index (χ0n) is 19.1. The van der Waals surface area contributed by atoms with E-state index in [1.807, 2.05) is 60.6 Å². The first-order chi connectivity index (χ1) is 13.0. The second-order valence-electron chi connectivity index (χ2n) is 5.58. The second kappa shape index (κ2) is 22.3. The fourth-order valence-corrected chi connectivity index (χ4v) is 1.96. The molecule has 2 unspecified atom stereocenters. The molecule has 0 aromatic heterocycles. The van der Waals surface area contributed by atoms with E-state index >= 15 is 0 Å².